The van der Waals surface area contributed by atoms with Crippen LogP contribution in [0.5, 0.6) is 0 Å². The Morgan fingerprint density at radius 3 is 2.47 bits per heavy atom. The van der Waals surface area contributed by atoms with Gasteiger partial charge in [0.2, 0.25) is 0 Å². The molecular weight excluding hydrogens is 482 g/mol. The lowest BCUT2D eigenvalue weighted by molar-refractivity contribution is 0.320. The number of guanidine groups is 1. The average molecular weight is 515 g/mol. The number of nitrogens with two attached hydrogens (primary N) is 2. The third kappa shape index (κ3) is 7.57. The highest BCUT2D eigenvalue weighted by Gasteiger charge is 2.22. The molecule has 0 amide bonds. The van der Waals surface area contributed by atoms with E-state index in [-0.39, 0.29) is 12.5 Å². The van der Waals surface area contributed by atoms with Crippen LogP contribution in [0.4, 0.5) is 8.78 Å². The molecule has 1 fully saturated rings. The summed E-state index contributed by atoms with van der Waals surface area (Å²) in [5.41, 5.74) is 14.6. The standard InChI is InChI=1S/C27H33ClF2N6/c1-3-25(31)26(35-27(32)34-17-20-14-21(29)16-22(30)15-20)36(13-10-19-8-11-33-12-9-19)18(2)23-6-4-5-7-24(23)28/h3-7,14-16,19,33H,1-2,8-13,17,31H2,(H3,32,34,35)/b26-25-. The SMILES string of the molecule is C=C/C(N)=C(\N=C(/N)NCc1cc(F)cc(F)c1)N(CCC1CCNCC1)C(=C)c1ccccc1Cl. The summed E-state index contributed by atoms with van der Waals surface area (Å²) in [5.74, 6) is -0.406. The predicted octanol–water partition coefficient (Wildman–Crippen LogP) is 4.70. The van der Waals surface area contributed by atoms with Gasteiger partial charge >= 0.3 is 0 Å². The molecule has 0 saturated carbocycles. The van der Waals surface area contributed by atoms with Crippen molar-refractivity contribution in [1.82, 2.24) is 15.5 Å². The summed E-state index contributed by atoms with van der Waals surface area (Å²) in [7, 11) is 0. The maximum Gasteiger partial charge on any atom is 0.195 e. The van der Waals surface area contributed by atoms with Crippen LogP contribution in [0.25, 0.3) is 5.70 Å². The van der Waals surface area contributed by atoms with Gasteiger partial charge in [-0.25, -0.2) is 8.78 Å². The molecule has 192 valence electrons. The summed E-state index contributed by atoms with van der Waals surface area (Å²) in [6, 6.07) is 10.7. The molecule has 1 aliphatic heterocycles. The number of piperidine rings is 1. The Bertz CT molecular complexity index is 1120. The number of nitrogens with one attached hydrogen (secondary N) is 2. The number of rotatable bonds is 10. The number of nitrogens with zero attached hydrogens (tertiary/aromatic N) is 2. The monoisotopic (exact) mass is 514 g/mol. The molecule has 6 N–H and O–H groups in total. The molecule has 3 rings (SSSR count). The molecule has 0 atom stereocenters. The molecule has 0 aliphatic carbocycles. The number of hydrogen-bond acceptors (Lipinski definition) is 4. The molecule has 6 nitrogen and oxygen atoms in total. The maximum atomic E-state index is 13.5. The molecule has 1 aliphatic rings. The summed E-state index contributed by atoms with van der Waals surface area (Å²) in [6.45, 7) is 10.7. The van der Waals surface area contributed by atoms with Crippen LogP contribution in [0.3, 0.4) is 0 Å². The summed E-state index contributed by atoms with van der Waals surface area (Å²) in [4.78, 5) is 6.44. The minimum atomic E-state index is -0.668. The van der Waals surface area contributed by atoms with E-state index in [0.29, 0.717) is 40.3 Å². The molecule has 0 bridgehead atoms. The lowest BCUT2D eigenvalue weighted by Gasteiger charge is -2.31. The van der Waals surface area contributed by atoms with E-state index in [9.17, 15) is 8.78 Å². The first-order chi connectivity index (χ1) is 17.3. The Labute approximate surface area is 216 Å². The minimum absolute atomic E-state index is 0.0262. The van der Waals surface area contributed by atoms with Crippen LogP contribution in [-0.2, 0) is 6.54 Å². The van der Waals surface area contributed by atoms with Crippen LogP contribution >= 0.6 is 11.6 Å². The van der Waals surface area contributed by atoms with Crippen LogP contribution in [-0.4, -0.2) is 30.5 Å². The van der Waals surface area contributed by atoms with Crippen molar-refractivity contribution >= 4 is 23.3 Å². The molecular formula is C27H33ClF2N6. The lowest BCUT2D eigenvalue weighted by atomic mass is 9.94. The molecule has 9 heteroatoms. The molecule has 1 saturated heterocycles. The van der Waals surface area contributed by atoms with Crippen molar-refractivity contribution < 1.29 is 8.78 Å². The fourth-order valence-electron chi connectivity index (χ4n) is 4.12. The molecule has 0 radical (unpaired) electrons. The minimum Gasteiger partial charge on any atom is -0.396 e. The number of aliphatic imine (C=N–C) groups is 1. The van der Waals surface area contributed by atoms with Gasteiger partial charge in [0.15, 0.2) is 11.8 Å². The largest absolute Gasteiger partial charge is 0.396 e. The smallest absolute Gasteiger partial charge is 0.195 e. The van der Waals surface area contributed by atoms with E-state index >= 15 is 0 Å². The van der Waals surface area contributed by atoms with E-state index in [0.717, 1.165) is 44.0 Å². The van der Waals surface area contributed by atoms with Gasteiger partial charge in [0, 0.05) is 35.4 Å². The third-order valence-corrected chi connectivity index (χ3v) is 6.42. The zero-order valence-corrected chi connectivity index (χ0v) is 21.0. The lowest BCUT2D eigenvalue weighted by Crippen LogP contribution is -2.34. The van der Waals surface area contributed by atoms with Gasteiger partial charge in [0.25, 0.3) is 0 Å². The maximum absolute atomic E-state index is 13.5. The van der Waals surface area contributed by atoms with Crippen LogP contribution in [0, 0.1) is 17.6 Å². The Balaban J connectivity index is 1.89. The second-order valence-corrected chi connectivity index (χ2v) is 9.08. The first-order valence-electron chi connectivity index (χ1n) is 11.9. The third-order valence-electron chi connectivity index (χ3n) is 6.09. The first-order valence-corrected chi connectivity index (χ1v) is 12.2. The summed E-state index contributed by atoms with van der Waals surface area (Å²) < 4.78 is 27.1. The van der Waals surface area contributed by atoms with Crippen molar-refractivity contribution in [3.05, 3.63) is 101 Å². The number of hydrogen-bond donors (Lipinski definition) is 4. The molecule has 2 aromatic rings. The Morgan fingerprint density at radius 2 is 1.83 bits per heavy atom. The number of halogens is 3. The van der Waals surface area contributed by atoms with Gasteiger partial charge in [-0.3, -0.25) is 0 Å². The highest BCUT2D eigenvalue weighted by atomic mass is 35.5. The van der Waals surface area contributed by atoms with Crippen molar-refractivity contribution in [1.29, 1.82) is 0 Å². The molecule has 36 heavy (non-hydrogen) atoms. The molecule has 0 aromatic heterocycles. The van der Waals surface area contributed by atoms with Gasteiger partial charge in [-0.1, -0.05) is 43.0 Å². The van der Waals surface area contributed by atoms with Gasteiger partial charge in [0.1, 0.15) is 11.6 Å². The number of benzene rings is 2. The zero-order chi connectivity index (χ0) is 26.1. The van der Waals surface area contributed by atoms with Crippen molar-refractivity contribution in [3.63, 3.8) is 0 Å². The molecule has 2 aromatic carbocycles. The normalized spacial score (nSPS) is 15.2. The average Bonchev–Trinajstić information content (AvgIpc) is 2.86. The van der Waals surface area contributed by atoms with Crippen molar-refractivity contribution in [2.45, 2.75) is 25.8 Å². The van der Waals surface area contributed by atoms with E-state index in [1.54, 1.807) is 6.07 Å². The van der Waals surface area contributed by atoms with Crippen LogP contribution < -0.4 is 22.1 Å². The van der Waals surface area contributed by atoms with E-state index in [4.69, 9.17) is 23.1 Å². The fraction of sp³-hybridized carbons (Fsp3) is 0.296. The fourth-order valence-corrected chi connectivity index (χ4v) is 4.37. The van der Waals surface area contributed by atoms with Crippen LogP contribution in [0.1, 0.15) is 30.4 Å². The van der Waals surface area contributed by atoms with Gasteiger partial charge < -0.3 is 27.0 Å². The van der Waals surface area contributed by atoms with Crippen molar-refractivity contribution in [2.24, 2.45) is 22.4 Å². The second-order valence-electron chi connectivity index (χ2n) is 8.67. The summed E-state index contributed by atoms with van der Waals surface area (Å²) in [6.07, 6.45) is 4.55. The van der Waals surface area contributed by atoms with Crippen molar-refractivity contribution in [3.8, 4) is 0 Å². The summed E-state index contributed by atoms with van der Waals surface area (Å²) in [5, 5.41) is 6.83. The topological polar surface area (TPSA) is 91.7 Å². The quantitative estimate of drug-likeness (QED) is 0.209. The van der Waals surface area contributed by atoms with E-state index < -0.39 is 11.6 Å². The molecule has 1 heterocycles. The highest BCUT2D eigenvalue weighted by molar-refractivity contribution is 6.32. The Hall–Kier alpha value is -3.36. The van der Waals surface area contributed by atoms with Crippen LogP contribution in [0.15, 0.2) is 78.2 Å². The Morgan fingerprint density at radius 1 is 1.17 bits per heavy atom. The van der Waals surface area contributed by atoms with Gasteiger partial charge in [-0.2, -0.15) is 4.99 Å². The second kappa shape index (κ2) is 13.1. The van der Waals surface area contributed by atoms with Crippen molar-refractivity contribution in [2.75, 3.05) is 19.6 Å². The van der Waals surface area contributed by atoms with Crippen LogP contribution in [0.2, 0.25) is 5.02 Å². The first kappa shape index (κ1) is 27.2. The molecule has 0 unspecified atom stereocenters. The zero-order valence-electron chi connectivity index (χ0n) is 20.2. The van der Waals surface area contributed by atoms with Gasteiger partial charge in [-0.05, 0) is 68.1 Å². The van der Waals surface area contributed by atoms with Gasteiger partial charge in [0.05, 0.1) is 5.70 Å². The Kier molecular flexibility index (Phi) is 9.90. The van der Waals surface area contributed by atoms with E-state index in [1.165, 1.54) is 18.2 Å². The molecule has 0 spiro atoms. The highest BCUT2D eigenvalue weighted by Crippen LogP contribution is 2.30. The number of allylic oxidation sites excluding steroid dienone is 1. The van der Waals surface area contributed by atoms with E-state index in [1.807, 2.05) is 23.1 Å². The predicted molar refractivity (Wildman–Crippen MR) is 144 cm³/mol. The van der Waals surface area contributed by atoms with Gasteiger partial charge in [-0.15, -0.1) is 0 Å². The van der Waals surface area contributed by atoms with E-state index in [2.05, 4.69) is 28.8 Å². The summed E-state index contributed by atoms with van der Waals surface area (Å²) >= 11 is 6.48.